The Kier molecular flexibility index (Phi) is 6.00. The SMILES string of the molecule is [2H]c1ccc2cc(-c3ccc(-c4c5ccccc5c(-c5ccccc5-c5ccc([2H])c6sc7ccccc7c56)c5ccccc45)cc3)ccc2c1. The van der Waals surface area contributed by atoms with Crippen LogP contribution in [0.2, 0.25) is 0 Å². The third kappa shape index (κ3) is 4.51. The topological polar surface area (TPSA) is 0 Å². The van der Waals surface area contributed by atoms with E-state index in [0.29, 0.717) is 12.1 Å². The van der Waals surface area contributed by atoms with Gasteiger partial charge >= 0.3 is 0 Å². The fraction of sp³-hybridized carbons (Fsp3) is 0. The minimum atomic E-state index is 0.532. The summed E-state index contributed by atoms with van der Waals surface area (Å²) in [6, 6.07) is 61.5. The van der Waals surface area contributed by atoms with E-state index in [0.717, 1.165) is 26.4 Å². The second-order valence-corrected chi connectivity index (χ2v) is 13.7. The van der Waals surface area contributed by atoms with Crippen LogP contribution in [-0.2, 0) is 0 Å². The molecule has 0 radical (unpaired) electrons. The highest BCUT2D eigenvalue weighted by molar-refractivity contribution is 7.25. The Bertz CT molecular complexity index is 2930. The van der Waals surface area contributed by atoms with Crippen LogP contribution < -0.4 is 0 Å². The summed E-state index contributed by atoms with van der Waals surface area (Å²) in [5, 5.41) is 9.47. The Balaban J connectivity index is 1.19. The van der Waals surface area contributed by atoms with E-state index in [-0.39, 0.29) is 0 Å². The predicted molar refractivity (Wildman–Crippen MR) is 214 cm³/mol. The average molecular weight is 641 g/mol. The number of fused-ring (bicyclic) bond motifs is 6. The quantitative estimate of drug-likeness (QED) is 0.168. The first-order valence-electron chi connectivity index (χ1n) is 17.7. The molecule has 0 bridgehead atoms. The van der Waals surface area contributed by atoms with E-state index >= 15 is 0 Å². The van der Waals surface area contributed by atoms with Crippen molar-refractivity contribution in [2.45, 2.75) is 0 Å². The van der Waals surface area contributed by atoms with Crippen LogP contribution in [0.4, 0.5) is 0 Å². The molecule has 0 atom stereocenters. The molecular weight excluding hydrogens is 609 g/mol. The lowest BCUT2D eigenvalue weighted by Gasteiger charge is -2.20. The van der Waals surface area contributed by atoms with Gasteiger partial charge in [-0.15, -0.1) is 11.3 Å². The van der Waals surface area contributed by atoms with E-state index in [1.165, 1.54) is 70.6 Å². The van der Waals surface area contributed by atoms with Crippen LogP contribution in [0.1, 0.15) is 2.74 Å². The molecule has 0 aliphatic heterocycles. The highest BCUT2D eigenvalue weighted by Gasteiger charge is 2.20. The van der Waals surface area contributed by atoms with Crippen molar-refractivity contribution in [3.63, 3.8) is 0 Å². The molecule has 1 heterocycles. The monoisotopic (exact) mass is 640 g/mol. The average Bonchev–Trinajstić information content (AvgIpc) is 3.58. The summed E-state index contributed by atoms with van der Waals surface area (Å²) in [5.74, 6) is 0. The van der Waals surface area contributed by atoms with E-state index in [4.69, 9.17) is 2.74 Å². The minimum Gasteiger partial charge on any atom is -0.135 e. The highest BCUT2D eigenvalue weighted by atomic mass is 32.1. The van der Waals surface area contributed by atoms with Gasteiger partial charge in [-0.3, -0.25) is 0 Å². The zero-order chi connectivity index (χ0) is 34.1. The van der Waals surface area contributed by atoms with Crippen molar-refractivity contribution in [2.24, 2.45) is 0 Å². The van der Waals surface area contributed by atoms with Gasteiger partial charge in [0, 0.05) is 20.2 Å². The van der Waals surface area contributed by atoms with Crippen molar-refractivity contribution in [3.8, 4) is 44.5 Å². The Morgan fingerprint density at radius 3 is 1.71 bits per heavy atom. The van der Waals surface area contributed by atoms with E-state index in [1.54, 1.807) is 11.3 Å². The van der Waals surface area contributed by atoms with E-state index in [2.05, 4.69) is 146 Å². The first-order valence-corrected chi connectivity index (χ1v) is 17.5. The standard InChI is InChI=1S/C48H30S/c1-2-13-34-30-35(29-26-31(34)12-1)32-24-27-33(28-25-32)46-39-16-5-7-18-41(39)47(42-19-8-6-17-40(42)46)37-15-4-3-14-36(37)38-21-11-23-45-48(38)43-20-9-10-22-44(43)49-45/h1-30H/i1D,23D. The molecule has 228 valence electrons. The summed E-state index contributed by atoms with van der Waals surface area (Å²) in [4.78, 5) is 0. The van der Waals surface area contributed by atoms with Crippen molar-refractivity contribution in [1.82, 2.24) is 0 Å². The first kappa shape index (κ1) is 26.0. The number of rotatable bonds is 4. The van der Waals surface area contributed by atoms with Gasteiger partial charge < -0.3 is 0 Å². The number of thiophene rings is 1. The molecule has 49 heavy (non-hydrogen) atoms. The van der Waals surface area contributed by atoms with Crippen LogP contribution in [0.25, 0.3) is 97.0 Å². The molecule has 0 unspecified atom stereocenters. The Hall–Kier alpha value is -6.02. The molecule has 0 aliphatic carbocycles. The Labute approximate surface area is 292 Å². The molecule has 0 saturated heterocycles. The van der Waals surface area contributed by atoms with Crippen molar-refractivity contribution in [2.75, 3.05) is 0 Å². The third-order valence-electron chi connectivity index (χ3n) is 9.94. The van der Waals surface area contributed by atoms with Crippen molar-refractivity contribution >= 4 is 63.8 Å². The summed E-state index contributed by atoms with van der Waals surface area (Å²) in [6.45, 7) is 0. The van der Waals surface area contributed by atoms with Crippen molar-refractivity contribution in [1.29, 1.82) is 0 Å². The van der Waals surface area contributed by atoms with Gasteiger partial charge in [0.15, 0.2) is 0 Å². The largest absolute Gasteiger partial charge is 0.135 e. The lowest BCUT2D eigenvalue weighted by atomic mass is 9.83. The molecular formula is C48H30S. The molecule has 0 N–H and O–H groups in total. The van der Waals surface area contributed by atoms with Crippen molar-refractivity contribution in [3.05, 3.63) is 182 Å². The van der Waals surface area contributed by atoms with Crippen molar-refractivity contribution < 1.29 is 2.74 Å². The molecule has 10 rings (SSSR count). The second kappa shape index (κ2) is 11.3. The van der Waals surface area contributed by atoms with E-state index < -0.39 is 0 Å². The summed E-state index contributed by atoms with van der Waals surface area (Å²) in [7, 11) is 0. The van der Waals surface area contributed by atoms with Crippen LogP contribution in [-0.4, -0.2) is 0 Å². The molecule has 0 saturated carbocycles. The lowest BCUT2D eigenvalue weighted by Crippen LogP contribution is -1.93. The summed E-state index contributed by atoms with van der Waals surface area (Å²) < 4.78 is 19.0. The number of benzene rings is 9. The maximum Gasteiger partial charge on any atom is 0.0638 e. The maximum atomic E-state index is 8.80. The predicted octanol–water partition coefficient (Wildman–Crippen LogP) is 14.2. The second-order valence-electron chi connectivity index (χ2n) is 12.6. The van der Waals surface area contributed by atoms with Crippen LogP contribution >= 0.6 is 11.3 Å². The number of hydrogen-bond donors (Lipinski definition) is 0. The van der Waals surface area contributed by atoms with Gasteiger partial charge in [-0.05, 0) is 95.0 Å². The van der Waals surface area contributed by atoms with E-state index in [9.17, 15) is 0 Å². The van der Waals surface area contributed by atoms with Gasteiger partial charge in [0.1, 0.15) is 0 Å². The van der Waals surface area contributed by atoms with Crippen LogP contribution in [0.3, 0.4) is 0 Å². The Morgan fingerprint density at radius 2 is 0.959 bits per heavy atom. The molecule has 0 nitrogen and oxygen atoms in total. The molecule has 0 spiro atoms. The molecule has 0 aliphatic rings. The third-order valence-corrected chi connectivity index (χ3v) is 11.0. The van der Waals surface area contributed by atoms with E-state index in [1.807, 2.05) is 24.3 Å². The molecule has 10 aromatic rings. The normalized spacial score (nSPS) is 12.2. The summed E-state index contributed by atoms with van der Waals surface area (Å²) in [6.07, 6.45) is 0. The van der Waals surface area contributed by atoms with Gasteiger partial charge in [0.25, 0.3) is 0 Å². The zero-order valence-electron chi connectivity index (χ0n) is 28.6. The fourth-order valence-electron chi connectivity index (χ4n) is 7.72. The van der Waals surface area contributed by atoms with Crippen LogP contribution in [0.5, 0.6) is 0 Å². The highest BCUT2D eigenvalue weighted by Crippen LogP contribution is 2.48. The zero-order valence-corrected chi connectivity index (χ0v) is 27.4. The molecule has 1 heteroatoms. The van der Waals surface area contributed by atoms with Gasteiger partial charge in [-0.1, -0.05) is 164 Å². The Morgan fingerprint density at radius 1 is 0.367 bits per heavy atom. The van der Waals surface area contributed by atoms with Gasteiger partial charge in [0.2, 0.25) is 0 Å². The van der Waals surface area contributed by atoms with Gasteiger partial charge in [-0.2, -0.15) is 0 Å². The summed E-state index contributed by atoms with van der Waals surface area (Å²) >= 11 is 1.71. The molecule has 1 aromatic heterocycles. The summed E-state index contributed by atoms with van der Waals surface area (Å²) in [5.41, 5.74) is 9.51. The minimum absolute atomic E-state index is 0.532. The molecule has 0 amide bonds. The smallest absolute Gasteiger partial charge is 0.0638 e. The molecule has 0 fully saturated rings. The number of hydrogen-bond acceptors (Lipinski definition) is 1. The maximum absolute atomic E-state index is 8.80. The van der Waals surface area contributed by atoms with Crippen LogP contribution in [0, 0.1) is 0 Å². The van der Waals surface area contributed by atoms with Gasteiger partial charge in [0.05, 0.1) is 2.74 Å². The van der Waals surface area contributed by atoms with Gasteiger partial charge in [-0.25, -0.2) is 0 Å². The van der Waals surface area contributed by atoms with Crippen LogP contribution in [0.15, 0.2) is 182 Å². The molecule has 9 aromatic carbocycles. The first-order chi connectivity index (χ1) is 25.1. The lowest BCUT2D eigenvalue weighted by molar-refractivity contribution is 1.62. The fourth-order valence-corrected chi connectivity index (χ4v) is 8.82.